The van der Waals surface area contributed by atoms with Gasteiger partial charge >= 0.3 is 0 Å². The molecule has 0 unspecified atom stereocenters. The van der Waals surface area contributed by atoms with E-state index in [0.717, 1.165) is 11.1 Å². The smallest absolute Gasteiger partial charge is 0.236 e. The second kappa shape index (κ2) is 5.99. The molecule has 0 aromatic heterocycles. The topological polar surface area (TPSA) is 34.1 Å². The Bertz CT molecular complexity index is 634. The summed E-state index contributed by atoms with van der Waals surface area (Å²) >= 11 is 0. The van der Waals surface area contributed by atoms with Crippen LogP contribution in [0.15, 0.2) is 48.5 Å². The number of rotatable bonds is 2. The molecule has 0 amide bonds. The van der Waals surface area contributed by atoms with Crippen molar-refractivity contribution in [2.24, 2.45) is 0 Å². The van der Waals surface area contributed by atoms with Crippen LogP contribution in [0.25, 0.3) is 0 Å². The normalized spacial score (nSPS) is 9.50. The van der Waals surface area contributed by atoms with E-state index in [9.17, 15) is 9.59 Å². The van der Waals surface area contributed by atoms with Gasteiger partial charge in [0.2, 0.25) is 11.6 Å². The first kappa shape index (κ1) is 13.8. The van der Waals surface area contributed by atoms with Crippen molar-refractivity contribution in [1.82, 2.24) is 0 Å². The summed E-state index contributed by atoms with van der Waals surface area (Å²) in [4.78, 5) is 23.6. The van der Waals surface area contributed by atoms with Crippen LogP contribution < -0.4 is 0 Å². The van der Waals surface area contributed by atoms with Crippen molar-refractivity contribution in [2.75, 3.05) is 0 Å². The zero-order valence-corrected chi connectivity index (χ0v) is 11.4. The molecular formula is C18H14O2. The summed E-state index contributed by atoms with van der Waals surface area (Å²) in [7, 11) is 0. The number of hydrogen-bond donors (Lipinski definition) is 0. The predicted octanol–water partition coefficient (Wildman–Crippen LogP) is 3.37. The van der Waals surface area contributed by atoms with Crippen LogP contribution in [0.1, 0.15) is 31.8 Å². The van der Waals surface area contributed by atoms with Gasteiger partial charge < -0.3 is 0 Å². The predicted molar refractivity (Wildman–Crippen MR) is 78.8 cm³/mol. The molecule has 0 atom stereocenters. The van der Waals surface area contributed by atoms with E-state index >= 15 is 0 Å². The van der Waals surface area contributed by atoms with Gasteiger partial charge in [0.1, 0.15) is 0 Å². The lowest BCUT2D eigenvalue weighted by Gasteiger charge is -1.95. The Hall–Kier alpha value is -2.66. The highest BCUT2D eigenvalue weighted by molar-refractivity contribution is 6.16. The van der Waals surface area contributed by atoms with E-state index in [-0.39, 0.29) is 11.6 Å². The molecule has 0 aliphatic carbocycles. The first-order valence-corrected chi connectivity index (χ1v) is 6.30. The number of benzene rings is 2. The monoisotopic (exact) mass is 262 g/mol. The van der Waals surface area contributed by atoms with Gasteiger partial charge in [0.25, 0.3) is 0 Å². The fourth-order valence-corrected chi connectivity index (χ4v) is 1.67. The molecule has 20 heavy (non-hydrogen) atoms. The SMILES string of the molecule is Cc1ccc(C(=O)C#CC(=O)c2ccc(C)cc2)cc1. The Morgan fingerprint density at radius 1 is 0.650 bits per heavy atom. The highest BCUT2D eigenvalue weighted by atomic mass is 16.1. The zero-order chi connectivity index (χ0) is 14.5. The van der Waals surface area contributed by atoms with Crippen LogP contribution in [0.3, 0.4) is 0 Å². The van der Waals surface area contributed by atoms with Crippen LogP contribution in [0.2, 0.25) is 0 Å². The lowest BCUT2D eigenvalue weighted by atomic mass is 10.1. The Labute approximate surface area is 118 Å². The summed E-state index contributed by atoms with van der Waals surface area (Å²) in [6, 6.07) is 14.2. The number of ketones is 2. The summed E-state index contributed by atoms with van der Waals surface area (Å²) in [5.41, 5.74) is 3.15. The highest BCUT2D eigenvalue weighted by Crippen LogP contribution is 2.05. The molecule has 2 rings (SSSR count). The molecule has 0 bridgehead atoms. The lowest BCUT2D eigenvalue weighted by Crippen LogP contribution is -1.99. The van der Waals surface area contributed by atoms with Crippen LogP contribution in [0.4, 0.5) is 0 Å². The van der Waals surface area contributed by atoms with Crippen molar-refractivity contribution >= 4 is 11.6 Å². The largest absolute Gasteiger partial charge is 0.279 e. The summed E-state index contributed by atoms with van der Waals surface area (Å²) in [6.45, 7) is 3.89. The fraction of sp³-hybridized carbons (Fsp3) is 0.111. The Morgan fingerprint density at radius 3 is 1.25 bits per heavy atom. The van der Waals surface area contributed by atoms with Gasteiger partial charge in [-0.3, -0.25) is 9.59 Å². The van der Waals surface area contributed by atoms with Gasteiger partial charge in [-0.2, -0.15) is 0 Å². The molecule has 98 valence electrons. The molecule has 0 aliphatic heterocycles. The summed E-state index contributed by atoms with van der Waals surface area (Å²) in [5.74, 6) is 4.10. The number of carbonyl (C=O) groups excluding carboxylic acids is 2. The molecule has 0 aliphatic rings. The average Bonchev–Trinajstić information content (AvgIpc) is 2.46. The first-order chi connectivity index (χ1) is 9.56. The van der Waals surface area contributed by atoms with Gasteiger partial charge in [0, 0.05) is 11.1 Å². The van der Waals surface area contributed by atoms with E-state index in [1.54, 1.807) is 24.3 Å². The van der Waals surface area contributed by atoms with E-state index in [0.29, 0.717) is 11.1 Å². The minimum atomic E-state index is -0.342. The van der Waals surface area contributed by atoms with Crippen molar-refractivity contribution in [3.8, 4) is 11.8 Å². The van der Waals surface area contributed by atoms with Gasteiger partial charge in [-0.1, -0.05) is 59.7 Å². The lowest BCUT2D eigenvalue weighted by molar-refractivity contribution is 0.103. The Balaban J connectivity index is 2.14. The molecule has 0 fully saturated rings. The standard InChI is InChI=1S/C18H14O2/c1-13-3-7-15(8-4-13)17(19)11-12-18(20)16-9-5-14(2)6-10-16/h3-10H,1-2H3. The Kier molecular flexibility index (Phi) is 4.12. The molecule has 0 radical (unpaired) electrons. The van der Waals surface area contributed by atoms with Crippen LogP contribution in [-0.2, 0) is 0 Å². The molecule has 2 heteroatoms. The number of Topliss-reactive ketones (excluding diaryl/α,β-unsaturated/α-hetero) is 2. The maximum atomic E-state index is 11.8. The van der Waals surface area contributed by atoms with Gasteiger partial charge in [0.15, 0.2) is 0 Å². The fourth-order valence-electron chi connectivity index (χ4n) is 1.67. The summed E-state index contributed by atoms with van der Waals surface area (Å²) in [5, 5.41) is 0. The van der Waals surface area contributed by atoms with E-state index < -0.39 is 0 Å². The van der Waals surface area contributed by atoms with E-state index in [4.69, 9.17) is 0 Å². The number of carbonyl (C=O) groups is 2. The molecule has 0 spiro atoms. The van der Waals surface area contributed by atoms with Crippen LogP contribution in [0, 0.1) is 25.7 Å². The molecule has 0 N–H and O–H groups in total. The minimum absolute atomic E-state index is 0.342. The van der Waals surface area contributed by atoms with Gasteiger partial charge in [-0.25, -0.2) is 0 Å². The highest BCUT2D eigenvalue weighted by Gasteiger charge is 2.04. The molecular weight excluding hydrogens is 248 g/mol. The molecule has 0 saturated carbocycles. The molecule has 2 aromatic carbocycles. The second-order valence-electron chi connectivity index (χ2n) is 4.64. The number of hydrogen-bond acceptors (Lipinski definition) is 2. The van der Waals surface area contributed by atoms with Gasteiger partial charge in [0.05, 0.1) is 0 Å². The molecule has 2 nitrogen and oxygen atoms in total. The third kappa shape index (κ3) is 3.43. The summed E-state index contributed by atoms with van der Waals surface area (Å²) < 4.78 is 0. The summed E-state index contributed by atoms with van der Waals surface area (Å²) in [6.07, 6.45) is 0. The van der Waals surface area contributed by atoms with Crippen molar-refractivity contribution in [1.29, 1.82) is 0 Å². The van der Waals surface area contributed by atoms with E-state index in [1.165, 1.54) is 0 Å². The van der Waals surface area contributed by atoms with Crippen molar-refractivity contribution in [3.05, 3.63) is 70.8 Å². The third-order valence-electron chi connectivity index (χ3n) is 2.92. The Morgan fingerprint density at radius 2 is 0.950 bits per heavy atom. The zero-order valence-electron chi connectivity index (χ0n) is 11.4. The van der Waals surface area contributed by atoms with Crippen LogP contribution >= 0.6 is 0 Å². The van der Waals surface area contributed by atoms with Crippen LogP contribution in [0.5, 0.6) is 0 Å². The van der Waals surface area contributed by atoms with Gasteiger partial charge in [-0.15, -0.1) is 0 Å². The third-order valence-corrected chi connectivity index (χ3v) is 2.92. The van der Waals surface area contributed by atoms with Crippen molar-refractivity contribution < 1.29 is 9.59 Å². The molecule has 0 saturated heterocycles. The average molecular weight is 262 g/mol. The van der Waals surface area contributed by atoms with Crippen LogP contribution in [-0.4, -0.2) is 11.6 Å². The maximum Gasteiger partial charge on any atom is 0.236 e. The molecule has 0 heterocycles. The first-order valence-electron chi connectivity index (χ1n) is 6.30. The van der Waals surface area contributed by atoms with Gasteiger partial charge in [-0.05, 0) is 25.7 Å². The van der Waals surface area contributed by atoms with Crippen molar-refractivity contribution in [3.63, 3.8) is 0 Å². The second-order valence-corrected chi connectivity index (χ2v) is 4.64. The van der Waals surface area contributed by atoms with E-state index in [2.05, 4.69) is 11.8 Å². The molecule has 2 aromatic rings. The van der Waals surface area contributed by atoms with E-state index in [1.807, 2.05) is 38.1 Å². The van der Waals surface area contributed by atoms with Crippen molar-refractivity contribution in [2.45, 2.75) is 13.8 Å². The number of aryl methyl sites for hydroxylation is 2. The maximum absolute atomic E-state index is 11.8. The quantitative estimate of drug-likeness (QED) is 0.472. The minimum Gasteiger partial charge on any atom is -0.279 e.